The van der Waals surface area contributed by atoms with Gasteiger partial charge in [-0.15, -0.1) is 0 Å². The van der Waals surface area contributed by atoms with Gasteiger partial charge < -0.3 is 4.42 Å². The van der Waals surface area contributed by atoms with Crippen molar-refractivity contribution in [3.63, 3.8) is 0 Å². The molecule has 0 unspecified atom stereocenters. The molecule has 4 nitrogen and oxygen atoms in total. The zero-order chi connectivity index (χ0) is 40.8. The molecule has 2 aliphatic rings. The van der Waals surface area contributed by atoms with Crippen LogP contribution >= 0.6 is 0 Å². The SMILES string of the molecule is c1ccc(-c2nc(-c3ccc(-c4ccc5c(c4)C4(c6ccccc6-c6ccccc64)c4ccccc4-5)cc3)nc(-c3cccc(-c4ccc5c(c4)oc4ccccc45)c3)n2)cc1. The molecule has 0 fully saturated rings. The Morgan fingerprint density at radius 3 is 1.42 bits per heavy atom. The van der Waals surface area contributed by atoms with Gasteiger partial charge in [-0.05, 0) is 97.1 Å². The summed E-state index contributed by atoms with van der Waals surface area (Å²) in [6.45, 7) is 0. The fourth-order valence-corrected chi connectivity index (χ4v) is 10.2. The standard InChI is InChI=1S/C58H35N3O/c1-2-13-37(14-3-1)55-59-56(61-57(60-55)42-16-12-15-39(33-42)41-30-32-48-47-20-7-11-24-53(47)62-54(48)35-41)38-27-25-36(26-28-38)40-29-31-46-45-19-6-10-23-51(45)58(52(46)34-40)49-21-8-4-17-43(49)44-18-5-9-22-50(44)58/h1-35H. The van der Waals surface area contributed by atoms with Crippen LogP contribution in [0.15, 0.2) is 217 Å². The number of para-hydroxylation sites is 1. The first kappa shape index (κ1) is 34.6. The van der Waals surface area contributed by atoms with Gasteiger partial charge in [0.2, 0.25) is 0 Å². The van der Waals surface area contributed by atoms with E-state index in [9.17, 15) is 0 Å². The smallest absolute Gasteiger partial charge is 0.164 e. The zero-order valence-electron chi connectivity index (χ0n) is 33.5. The fourth-order valence-electron chi connectivity index (χ4n) is 10.2. The van der Waals surface area contributed by atoms with Gasteiger partial charge in [-0.1, -0.05) is 182 Å². The lowest BCUT2D eigenvalue weighted by Crippen LogP contribution is -2.25. The van der Waals surface area contributed by atoms with Gasteiger partial charge in [-0.2, -0.15) is 0 Å². The predicted molar refractivity (Wildman–Crippen MR) is 251 cm³/mol. The third kappa shape index (κ3) is 5.10. The number of aromatic nitrogens is 3. The van der Waals surface area contributed by atoms with Gasteiger partial charge in [-0.3, -0.25) is 0 Å². The van der Waals surface area contributed by atoms with Crippen molar-refractivity contribution in [2.24, 2.45) is 0 Å². The van der Waals surface area contributed by atoms with Crippen molar-refractivity contribution in [3.8, 4) is 78.7 Å². The van der Waals surface area contributed by atoms with E-state index < -0.39 is 0 Å². The number of benzene rings is 9. The summed E-state index contributed by atoms with van der Waals surface area (Å²) in [5.74, 6) is 1.87. The second-order valence-corrected chi connectivity index (χ2v) is 16.3. The molecule has 0 amide bonds. The van der Waals surface area contributed by atoms with Gasteiger partial charge in [0.15, 0.2) is 17.5 Å². The molecule has 0 radical (unpaired) electrons. The summed E-state index contributed by atoms with van der Waals surface area (Å²) in [4.78, 5) is 15.3. The quantitative estimate of drug-likeness (QED) is 0.174. The highest BCUT2D eigenvalue weighted by Gasteiger charge is 2.51. The summed E-state index contributed by atoms with van der Waals surface area (Å²) in [5, 5.41) is 2.23. The Balaban J connectivity index is 0.898. The molecule has 0 atom stereocenters. The molecule has 288 valence electrons. The van der Waals surface area contributed by atoms with Gasteiger partial charge in [0, 0.05) is 27.5 Å². The van der Waals surface area contributed by atoms with Crippen molar-refractivity contribution < 1.29 is 4.42 Å². The molecule has 2 aliphatic carbocycles. The minimum atomic E-state index is -0.387. The minimum Gasteiger partial charge on any atom is -0.456 e. The first-order chi connectivity index (χ1) is 30.7. The maximum atomic E-state index is 6.24. The number of fused-ring (bicyclic) bond motifs is 13. The molecule has 2 heterocycles. The van der Waals surface area contributed by atoms with Crippen LogP contribution in [0.5, 0.6) is 0 Å². The maximum Gasteiger partial charge on any atom is 0.164 e. The molecular formula is C58H35N3O. The van der Waals surface area contributed by atoms with Crippen molar-refractivity contribution >= 4 is 21.9 Å². The maximum absolute atomic E-state index is 6.24. The molecule has 0 bridgehead atoms. The van der Waals surface area contributed by atoms with E-state index in [1.54, 1.807) is 0 Å². The first-order valence-corrected chi connectivity index (χ1v) is 21.1. The van der Waals surface area contributed by atoms with Crippen LogP contribution in [0.1, 0.15) is 22.3 Å². The predicted octanol–water partition coefficient (Wildman–Crippen LogP) is 14.4. The number of furan rings is 1. The highest BCUT2D eigenvalue weighted by molar-refractivity contribution is 6.06. The molecule has 0 saturated carbocycles. The molecule has 62 heavy (non-hydrogen) atoms. The van der Waals surface area contributed by atoms with E-state index in [1.807, 2.05) is 48.5 Å². The lowest BCUT2D eigenvalue weighted by molar-refractivity contribution is 0.669. The normalized spacial score (nSPS) is 13.0. The summed E-state index contributed by atoms with van der Waals surface area (Å²) >= 11 is 0. The lowest BCUT2D eigenvalue weighted by atomic mass is 9.70. The van der Waals surface area contributed by atoms with Crippen LogP contribution in [0.25, 0.3) is 101 Å². The highest BCUT2D eigenvalue weighted by Crippen LogP contribution is 2.63. The monoisotopic (exact) mass is 789 g/mol. The van der Waals surface area contributed by atoms with Crippen molar-refractivity contribution in [1.29, 1.82) is 0 Å². The van der Waals surface area contributed by atoms with E-state index in [0.29, 0.717) is 17.5 Å². The van der Waals surface area contributed by atoms with Crippen LogP contribution in [-0.2, 0) is 5.41 Å². The summed E-state index contributed by atoms with van der Waals surface area (Å²) < 4.78 is 6.24. The van der Waals surface area contributed by atoms with Crippen molar-refractivity contribution in [2.75, 3.05) is 0 Å². The average Bonchev–Trinajstić information content (AvgIpc) is 3.98. The number of nitrogens with zero attached hydrogens (tertiary/aromatic N) is 3. The van der Waals surface area contributed by atoms with Crippen LogP contribution in [0, 0.1) is 0 Å². The Morgan fingerprint density at radius 1 is 0.274 bits per heavy atom. The highest BCUT2D eigenvalue weighted by atomic mass is 16.3. The molecule has 1 spiro atoms. The van der Waals surface area contributed by atoms with Gasteiger partial charge >= 0.3 is 0 Å². The summed E-state index contributed by atoms with van der Waals surface area (Å²) in [5.41, 5.74) is 19.1. The average molecular weight is 790 g/mol. The Bertz CT molecular complexity index is 3520. The Kier molecular flexibility index (Phi) is 7.49. The molecule has 2 aromatic heterocycles. The zero-order valence-corrected chi connectivity index (χ0v) is 33.5. The molecule has 4 heteroatoms. The topological polar surface area (TPSA) is 51.8 Å². The van der Waals surface area contributed by atoms with Gasteiger partial charge in [0.05, 0.1) is 5.41 Å². The first-order valence-electron chi connectivity index (χ1n) is 21.1. The van der Waals surface area contributed by atoms with Crippen LogP contribution in [0.4, 0.5) is 0 Å². The second-order valence-electron chi connectivity index (χ2n) is 16.3. The molecular weight excluding hydrogens is 755 g/mol. The van der Waals surface area contributed by atoms with E-state index in [0.717, 1.165) is 55.3 Å². The van der Waals surface area contributed by atoms with Gasteiger partial charge in [0.1, 0.15) is 11.2 Å². The molecule has 11 aromatic rings. The van der Waals surface area contributed by atoms with E-state index in [1.165, 1.54) is 50.1 Å². The summed E-state index contributed by atoms with van der Waals surface area (Å²) in [7, 11) is 0. The van der Waals surface area contributed by atoms with Crippen LogP contribution < -0.4 is 0 Å². The van der Waals surface area contributed by atoms with Gasteiger partial charge in [0.25, 0.3) is 0 Å². The number of hydrogen-bond donors (Lipinski definition) is 0. The third-order valence-electron chi connectivity index (χ3n) is 13.0. The fraction of sp³-hybridized carbons (Fsp3) is 0.0172. The van der Waals surface area contributed by atoms with Crippen molar-refractivity contribution in [1.82, 2.24) is 15.0 Å². The van der Waals surface area contributed by atoms with E-state index in [-0.39, 0.29) is 5.41 Å². The second kappa shape index (κ2) is 13.4. The van der Waals surface area contributed by atoms with E-state index >= 15 is 0 Å². The van der Waals surface area contributed by atoms with Crippen LogP contribution in [0.2, 0.25) is 0 Å². The molecule has 0 saturated heterocycles. The van der Waals surface area contributed by atoms with Crippen LogP contribution in [-0.4, -0.2) is 15.0 Å². The largest absolute Gasteiger partial charge is 0.456 e. The van der Waals surface area contributed by atoms with Crippen LogP contribution in [0.3, 0.4) is 0 Å². The molecule has 9 aromatic carbocycles. The van der Waals surface area contributed by atoms with Gasteiger partial charge in [-0.25, -0.2) is 15.0 Å². The van der Waals surface area contributed by atoms with E-state index in [4.69, 9.17) is 19.4 Å². The Labute approximate surface area is 358 Å². The molecule has 0 N–H and O–H groups in total. The third-order valence-corrected chi connectivity index (χ3v) is 13.0. The van der Waals surface area contributed by atoms with E-state index in [2.05, 4.69) is 164 Å². The molecule has 0 aliphatic heterocycles. The lowest BCUT2D eigenvalue weighted by Gasteiger charge is -2.30. The Hall–Kier alpha value is -8.21. The molecule has 13 rings (SSSR count). The van der Waals surface area contributed by atoms with Crippen molar-refractivity contribution in [2.45, 2.75) is 5.41 Å². The Morgan fingerprint density at radius 2 is 0.726 bits per heavy atom. The number of hydrogen-bond acceptors (Lipinski definition) is 4. The minimum absolute atomic E-state index is 0.387. The summed E-state index contributed by atoms with van der Waals surface area (Å²) in [6, 6.07) is 75.7. The van der Waals surface area contributed by atoms with Crippen molar-refractivity contribution in [3.05, 3.63) is 235 Å². The summed E-state index contributed by atoms with van der Waals surface area (Å²) in [6.07, 6.45) is 0. The number of rotatable bonds is 5.